The van der Waals surface area contributed by atoms with E-state index in [1.165, 1.54) is 29.5 Å². The van der Waals surface area contributed by atoms with Gasteiger partial charge >= 0.3 is 0 Å². The second kappa shape index (κ2) is 15.4. The highest BCUT2D eigenvalue weighted by Crippen LogP contribution is 2.32. The van der Waals surface area contributed by atoms with E-state index in [1.807, 2.05) is 13.8 Å². The van der Waals surface area contributed by atoms with Crippen LogP contribution in [0.3, 0.4) is 0 Å². The molecular weight excluding hydrogens is 596 g/mol. The van der Waals surface area contributed by atoms with Gasteiger partial charge in [0.05, 0.1) is 5.69 Å². The Morgan fingerprint density at radius 2 is 1.71 bits per heavy atom. The third-order valence-corrected chi connectivity index (χ3v) is 7.91. The Hall–Kier alpha value is -4.55. The number of carbonyl (C=O) groups is 1. The molecule has 236 valence electrons. The molecule has 2 aromatic carbocycles. The SMILES string of the molecule is CC.CCN(CC)CCCNc1nc(-c2cccc(C(=O)Nc3nccs3)c2C)c2ccc(=O)n(-c3c(F)cccc3F)c2n1. The number of aromatic nitrogens is 4. The summed E-state index contributed by atoms with van der Waals surface area (Å²) in [6.45, 7) is 13.3. The van der Waals surface area contributed by atoms with Crippen molar-refractivity contribution in [3.05, 3.63) is 93.2 Å². The van der Waals surface area contributed by atoms with Crippen molar-refractivity contribution in [2.75, 3.05) is 36.8 Å². The minimum atomic E-state index is -0.902. The summed E-state index contributed by atoms with van der Waals surface area (Å²) in [6, 6.07) is 11.4. The summed E-state index contributed by atoms with van der Waals surface area (Å²) in [5.41, 5.74) is 0.892. The van der Waals surface area contributed by atoms with Gasteiger partial charge in [-0.25, -0.2) is 18.7 Å². The van der Waals surface area contributed by atoms with Gasteiger partial charge in [-0.1, -0.05) is 45.9 Å². The average molecular weight is 634 g/mol. The number of rotatable bonds is 11. The first-order valence-electron chi connectivity index (χ1n) is 15.0. The third-order valence-electron chi connectivity index (χ3n) is 7.23. The molecule has 9 nitrogen and oxygen atoms in total. The molecule has 0 bridgehead atoms. The molecule has 1 amide bonds. The van der Waals surface area contributed by atoms with Gasteiger partial charge in [0.15, 0.2) is 10.8 Å². The lowest BCUT2D eigenvalue weighted by atomic mass is 9.97. The molecule has 3 aromatic heterocycles. The number of nitrogens with one attached hydrogen (secondary N) is 2. The van der Waals surface area contributed by atoms with Gasteiger partial charge in [-0.3, -0.25) is 19.5 Å². The zero-order valence-electron chi connectivity index (χ0n) is 26.0. The Labute approximate surface area is 265 Å². The molecule has 0 fully saturated rings. The third kappa shape index (κ3) is 7.40. The molecule has 5 aromatic rings. The molecule has 0 aliphatic heterocycles. The van der Waals surface area contributed by atoms with Crippen LogP contribution in [0.2, 0.25) is 0 Å². The largest absolute Gasteiger partial charge is 0.354 e. The van der Waals surface area contributed by atoms with Crippen LogP contribution >= 0.6 is 11.3 Å². The molecule has 12 heteroatoms. The first kappa shape index (κ1) is 33.3. The maximum Gasteiger partial charge on any atom is 0.257 e. The average Bonchev–Trinajstić information content (AvgIpc) is 3.56. The summed E-state index contributed by atoms with van der Waals surface area (Å²) < 4.78 is 30.9. The number of nitrogens with zero attached hydrogens (tertiary/aromatic N) is 5. The quantitative estimate of drug-likeness (QED) is 0.152. The molecule has 0 spiro atoms. The van der Waals surface area contributed by atoms with E-state index < -0.39 is 22.9 Å². The predicted molar refractivity (Wildman–Crippen MR) is 178 cm³/mol. The maximum absolute atomic E-state index is 15.0. The summed E-state index contributed by atoms with van der Waals surface area (Å²) in [4.78, 5) is 42.1. The van der Waals surface area contributed by atoms with Crippen LogP contribution in [0.15, 0.2) is 64.9 Å². The molecule has 3 heterocycles. The summed E-state index contributed by atoms with van der Waals surface area (Å²) in [5, 5.41) is 8.64. The number of para-hydroxylation sites is 1. The number of fused-ring (bicyclic) bond motifs is 1. The van der Waals surface area contributed by atoms with Crippen molar-refractivity contribution in [3.63, 3.8) is 0 Å². The number of hydrogen-bond acceptors (Lipinski definition) is 8. The van der Waals surface area contributed by atoms with E-state index in [4.69, 9.17) is 4.98 Å². The lowest BCUT2D eigenvalue weighted by molar-refractivity contribution is 0.102. The molecule has 2 N–H and O–H groups in total. The van der Waals surface area contributed by atoms with Crippen LogP contribution in [0.25, 0.3) is 28.0 Å². The predicted octanol–water partition coefficient (Wildman–Crippen LogP) is 6.91. The first-order chi connectivity index (χ1) is 21.8. The van der Waals surface area contributed by atoms with Crippen LogP contribution in [0.1, 0.15) is 50.0 Å². The summed E-state index contributed by atoms with van der Waals surface area (Å²) >= 11 is 1.30. The zero-order chi connectivity index (χ0) is 32.5. The number of benzene rings is 2. The number of thiazole rings is 1. The Kier molecular flexibility index (Phi) is 11.4. The van der Waals surface area contributed by atoms with Gasteiger partial charge in [0, 0.05) is 40.7 Å². The second-order valence-electron chi connectivity index (χ2n) is 9.79. The van der Waals surface area contributed by atoms with Crippen LogP contribution in [0, 0.1) is 18.6 Å². The summed E-state index contributed by atoms with van der Waals surface area (Å²) in [6.07, 6.45) is 2.40. The molecule has 45 heavy (non-hydrogen) atoms. The molecule has 0 unspecified atom stereocenters. The smallest absolute Gasteiger partial charge is 0.257 e. The van der Waals surface area contributed by atoms with E-state index in [2.05, 4.69) is 39.3 Å². The summed E-state index contributed by atoms with van der Waals surface area (Å²) in [5.74, 6) is -1.95. The number of carbonyl (C=O) groups excluding carboxylic acids is 1. The van der Waals surface area contributed by atoms with E-state index in [9.17, 15) is 9.59 Å². The van der Waals surface area contributed by atoms with E-state index in [-0.39, 0.29) is 17.5 Å². The van der Waals surface area contributed by atoms with Gasteiger partial charge in [0.25, 0.3) is 11.5 Å². The lowest BCUT2D eigenvalue weighted by Crippen LogP contribution is -2.25. The highest BCUT2D eigenvalue weighted by Gasteiger charge is 2.22. The topological polar surface area (TPSA) is 105 Å². The van der Waals surface area contributed by atoms with Crippen molar-refractivity contribution in [2.45, 2.75) is 41.0 Å². The first-order valence-corrected chi connectivity index (χ1v) is 15.9. The van der Waals surface area contributed by atoms with Crippen LogP contribution in [0.4, 0.5) is 19.9 Å². The highest BCUT2D eigenvalue weighted by atomic mass is 32.1. The molecule has 5 rings (SSSR count). The number of hydrogen-bond donors (Lipinski definition) is 2. The van der Waals surface area contributed by atoms with Crippen LogP contribution < -0.4 is 16.2 Å². The Bertz CT molecular complexity index is 1800. The van der Waals surface area contributed by atoms with E-state index >= 15 is 8.78 Å². The maximum atomic E-state index is 15.0. The molecule has 0 aliphatic carbocycles. The lowest BCUT2D eigenvalue weighted by Gasteiger charge is -2.18. The number of pyridine rings is 1. The Morgan fingerprint density at radius 1 is 1.00 bits per heavy atom. The second-order valence-corrected chi connectivity index (χ2v) is 10.7. The van der Waals surface area contributed by atoms with Crippen molar-refractivity contribution in [1.29, 1.82) is 0 Å². The molecule has 0 saturated carbocycles. The fraction of sp³-hybridized carbons (Fsp3) is 0.303. The van der Waals surface area contributed by atoms with Gasteiger partial charge < -0.3 is 10.2 Å². The molecule has 0 aliphatic rings. The van der Waals surface area contributed by atoms with Crippen molar-refractivity contribution >= 4 is 39.4 Å². The fourth-order valence-electron chi connectivity index (χ4n) is 4.95. The molecule has 0 atom stereocenters. The van der Waals surface area contributed by atoms with Gasteiger partial charge in [-0.05, 0) is 62.8 Å². The van der Waals surface area contributed by atoms with E-state index in [1.54, 1.807) is 36.7 Å². The van der Waals surface area contributed by atoms with Crippen molar-refractivity contribution in [3.8, 4) is 16.9 Å². The van der Waals surface area contributed by atoms with Crippen LogP contribution in [-0.4, -0.2) is 56.5 Å². The van der Waals surface area contributed by atoms with Crippen molar-refractivity contribution in [2.24, 2.45) is 0 Å². The summed E-state index contributed by atoms with van der Waals surface area (Å²) in [7, 11) is 0. The highest BCUT2D eigenvalue weighted by molar-refractivity contribution is 7.13. The Balaban J connectivity index is 0.00000226. The van der Waals surface area contributed by atoms with Gasteiger partial charge in [-0.15, -0.1) is 11.3 Å². The standard InChI is InChI=1S/C31H31F2N7O2S.C2H6/c1-4-39(5-2)17-8-15-34-30-36-26(20-9-6-10-21(19(20)3)29(42)38-31-35-16-18-43-31)22-13-14-25(41)40(28(22)37-30)27-23(32)11-7-12-24(27)33;1-2/h6-7,9-14,16,18H,4-5,8,15,17H2,1-3H3,(H,34,36,37)(H,35,38,42);1-2H3. The minimum absolute atomic E-state index is 0.0322. The monoisotopic (exact) mass is 633 g/mol. The van der Waals surface area contributed by atoms with Gasteiger partial charge in [0.2, 0.25) is 5.95 Å². The van der Waals surface area contributed by atoms with Gasteiger partial charge in [0.1, 0.15) is 17.3 Å². The molecule has 0 radical (unpaired) electrons. The van der Waals surface area contributed by atoms with Crippen molar-refractivity contribution < 1.29 is 13.6 Å². The van der Waals surface area contributed by atoms with Crippen molar-refractivity contribution in [1.82, 2.24) is 24.4 Å². The fourth-order valence-corrected chi connectivity index (χ4v) is 5.47. The Morgan fingerprint density at radius 3 is 2.38 bits per heavy atom. The number of anilines is 2. The van der Waals surface area contributed by atoms with Crippen LogP contribution in [0.5, 0.6) is 0 Å². The molecular formula is C33H37F2N7O2S. The zero-order valence-corrected chi connectivity index (χ0v) is 26.8. The normalized spacial score (nSPS) is 10.9. The number of halogens is 2. The molecule has 0 saturated heterocycles. The number of amides is 1. The van der Waals surface area contributed by atoms with E-state index in [0.29, 0.717) is 39.4 Å². The minimum Gasteiger partial charge on any atom is -0.354 e. The van der Waals surface area contributed by atoms with E-state index in [0.717, 1.165) is 42.8 Å². The van der Waals surface area contributed by atoms with Crippen LogP contribution in [-0.2, 0) is 0 Å². The van der Waals surface area contributed by atoms with Gasteiger partial charge in [-0.2, -0.15) is 4.98 Å².